The molecule has 2 heterocycles. The van der Waals surface area contributed by atoms with Gasteiger partial charge >= 0.3 is 6.09 Å². The first kappa shape index (κ1) is 20.7. The van der Waals surface area contributed by atoms with Crippen molar-refractivity contribution in [1.29, 1.82) is 0 Å². The zero-order valence-corrected chi connectivity index (χ0v) is 18.2. The van der Waals surface area contributed by atoms with Gasteiger partial charge in [0.05, 0.1) is 0 Å². The summed E-state index contributed by atoms with van der Waals surface area (Å²) >= 11 is 0. The summed E-state index contributed by atoms with van der Waals surface area (Å²) in [7, 11) is 0. The molecule has 0 saturated carbocycles. The molecule has 1 spiro atoms. The average Bonchev–Trinajstić information content (AvgIpc) is 2.96. The third-order valence-corrected chi connectivity index (χ3v) is 5.62. The van der Waals surface area contributed by atoms with E-state index in [4.69, 9.17) is 9.47 Å². The molecule has 8 heteroatoms. The number of ether oxygens (including phenoxy) is 2. The van der Waals surface area contributed by atoms with Crippen molar-refractivity contribution in [2.24, 2.45) is 0 Å². The van der Waals surface area contributed by atoms with Gasteiger partial charge in [-0.25, -0.2) is 15.2 Å². The van der Waals surface area contributed by atoms with Crippen LogP contribution in [0.4, 0.5) is 4.79 Å². The zero-order chi connectivity index (χ0) is 23.5. The molecule has 0 fully saturated rings. The Labute approximate surface area is 190 Å². The van der Waals surface area contributed by atoms with E-state index in [2.05, 4.69) is 5.43 Å². The molecule has 5 rings (SSSR count). The van der Waals surface area contributed by atoms with Crippen LogP contribution in [0.2, 0.25) is 0 Å². The molecule has 0 unspecified atom stereocenters. The van der Waals surface area contributed by atoms with Crippen molar-refractivity contribution in [3.8, 4) is 23.0 Å². The molecule has 8 nitrogen and oxygen atoms in total. The number of carbonyl (C=O) groups excluding carboxylic acids is 2. The van der Waals surface area contributed by atoms with Crippen molar-refractivity contribution in [2.75, 3.05) is 0 Å². The molecule has 0 atom stereocenters. The van der Waals surface area contributed by atoms with Crippen LogP contribution < -0.4 is 10.2 Å². The second-order valence-electron chi connectivity index (χ2n) is 8.97. The van der Waals surface area contributed by atoms with E-state index >= 15 is 0 Å². The third-order valence-electron chi connectivity index (χ3n) is 5.62. The number of nitrogens with one attached hydrogen (secondary N) is 1. The Morgan fingerprint density at radius 1 is 0.939 bits per heavy atom. The minimum atomic E-state index is -1.32. The highest BCUT2D eigenvalue weighted by Gasteiger charge is 2.57. The van der Waals surface area contributed by atoms with Gasteiger partial charge in [0.2, 0.25) is 0 Å². The van der Waals surface area contributed by atoms with E-state index < -0.39 is 23.1 Å². The molecule has 3 aromatic carbocycles. The summed E-state index contributed by atoms with van der Waals surface area (Å²) < 4.78 is 11.4. The fourth-order valence-corrected chi connectivity index (χ4v) is 4.49. The highest BCUT2D eigenvalue weighted by Crippen LogP contribution is 2.57. The van der Waals surface area contributed by atoms with Crippen molar-refractivity contribution in [3.63, 3.8) is 0 Å². The smallest absolute Gasteiger partial charge is 0.426 e. The van der Waals surface area contributed by atoms with Crippen LogP contribution in [0.15, 0.2) is 60.7 Å². The second kappa shape index (κ2) is 6.90. The molecule has 2 aliphatic rings. The van der Waals surface area contributed by atoms with Gasteiger partial charge < -0.3 is 19.7 Å². The molecular formula is C25H22N2O6. The summed E-state index contributed by atoms with van der Waals surface area (Å²) in [6.45, 7) is 5.19. The average molecular weight is 446 g/mol. The van der Waals surface area contributed by atoms with Crippen molar-refractivity contribution in [3.05, 3.63) is 82.9 Å². The highest BCUT2D eigenvalue weighted by molar-refractivity contribution is 6.03. The van der Waals surface area contributed by atoms with Crippen molar-refractivity contribution in [2.45, 2.75) is 31.9 Å². The van der Waals surface area contributed by atoms with E-state index in [0.29, 0.717) is 22.3 Å². The SMILES string of the molecule is CC(C)(C)OC(=O)NN1C(=O)c2ccccc2C12c1ccc(O)cc1Oc1cc(O)ccc12. The molecule has 0 aromatic heterocycles. The van der Waals surface area contributed by atoms with Crippen LogP contribution >= 0.6 is 0 Å². The molecule has 3 aromatic rings. The molecule has 0 radical (unpaired) electrons. The van der Waals surface area contributed by atoms with Crippen LogP contribution in [0, 0.1) is 0 Å². The lowest BCUT2D eigenvalue weighted by molar-refractivity contribution is 0.0181. The minimum absolute atomic E-state index is 0.0308. The Bertz CT molecular complexity index is 1260. The van der Waals surface area contributed by atoms with Gasteiger partial charge in [0.25, 0.3) is 5.91 Å². The van der Waals surface area contributed by atoms with Gasteiger partial charge in [-0.1, -0.05) is 18.2 Å². The fraction of sp³-hybridized carbons (Fsp3) is 0.200. The second-order valence-corrected chi connectivity index (χ2v) is 8.97. The van der Waals surface area contributed by atoms with Crippen LogP contribution in [-0.4, -0.2) is 32.8 Å². The summed E-state index contributed by atoms with van der Waals surface area (Å²) in [6.07, 6.45) is -0.796. The number of hydrogen-bond acceptors (Lipinski definition) is 6. The van der Waals surface area contributed by atoms with E-state index in [-0.39, 0.29) is 23.0 Å². The topological polar surface area (TPSA) is 108 Å². The standard InChI is InChI=1S/C25H22N2O6/c1-24(2,3)33-23(31)26-27-22(30)16-6-4-5-7-17(16)25(27)18-10-8-14(28)12-20(18)32-21-13-15(29)9-11-19(21)25/h4-13,28-29H,1-3H3,(H,26,31). The van der Waals surface area contributed by atoms with Gasteiger partial charge in [0.15, 0.2) is 0 Å². The first-order valence-corrected chi connectivity index (χ1v) is 10.4. The number of amides is 2. The number of phenolic OH excluding ortho intramolecular Hbond substituents is 2. The monoisotopic (exact) mass is 446 g/mol. The summed E-state index contributed by atoms with van der Waals surface area (Å²) in [5.74, 6) is 0.0760. The molecule has 33 heavy (non-hydrogen) atoms. The van der Waals surface area contributed by atoms with Crippen LogP contribution in [0.3, 0.4) is 0 Å². The van der Waals surface area contributed by atoms with Gasteiger partial charge in [0.1, 0.15) is 34.1 Å². The number of aromatic hydroxyl groups is 2. The van der Waals surface area contributed by atoms with Crippen LogP contribution in [0.1, 0.15) is 47.8 Å². The lowest BCUT2D eigenvalue weighted by atomic mass is 9.75. The van der Waals surface area contributed by atoms with Crippen LogP contribution in [-0.2, 0) is 10.3 Å². The molecule has 0 aliphatic carbocycles. The molecular weight excluding hydrogens is 424 g/mol. The van der Waals surface area contributed by atoms with Crippen molar-refractivity contribution >= 4 is 12.0 Å². The van der Waals surface area contributed by atoms with Gasteiger partial charge in [-0.05, 0) is 51.1 Å². The number of nitrogens with zero attached hydrogens (tertiary/aromatic N) is 1. The molecule has 2 amide bonds. The number of fused-ring (bicyclic) bond motifs is 6. The molecule has 0 saturated heterocycles. The maximum absolute atomic E-state index is 13.6. The third kappa shape index (κ3) is 3.06. The van der Waals surface area contributed by atoms with E-state index in [0.717, 1.165) is 0 Å². The first-order chi connectivity index (χ1) is 15.6. The first-order valence-electron chi connectivity index (χ1n) is 10.4. The number of benzene rings is 3. The van der Waals surface area contributed by atoms with Gasteiger partial charge in [-0.15, -0.1) is 0 Å². The maximum atomic E-state index is 13.6. The Morgan fingerprint density at radius 2 is 1.52 bits per heavy atom. The summed E-state index contributed by atoms with van der Waals surface area (Å²) in [5.41, 5.74) is 2.63. The van der Waals surface area contributed by atoms with E-state index in [9.17, 15) is 19.8 Å². The fourth-order valence-electron chi connectivity index (χ4n) is 4.49. The van der Waals surface area contributed by atoms with Gasteiger partial charge in [-0.3, -0.25) is 4.79 Å². The number of hydrazine groups is 1. The highest BCUT2D eigenvalue weighted by atomic mass is 16.6. The van der Waals surface area contributed by atoms with E-state index in [1.54, 1.807) is 51.1 Å². The Hall–Kier alpha value is -4.20. The Balaban J connectivity index is 1.81. The summed E-state index contributed by atoms with van der Waals surface area (Å²) in [5, 5.41) is 21.5. The molecule has 2 aliphatic heterocycles. The predicted molar refractivity (Wildman–Crippen MR) is 118 cm³/mol. The quantitative estimate of drug-likeness (QED) is 0.512. The predicted octanol–water partition coefficient (Wildman–Crippen LogP) is 4.39. The zero-order valence-electron chi connectivity index (χ0n) is 18.2. The molecule has 168 valence electrons. The lowest BCUT2D eigenvalue weighted by Crippen LogP contribution is -2.56. The summed E-state index contributed by atoms with van der Waals surface area (Å²) in [6, 6.07) is 16.2. The Morgan fingerprint density at radius 3 is 2.09 bits per heavy atom. The number of carbonyl (C=O) groups is 2. The van der Waals surface area contributed by atoms with Crippen LogP contribution in [0.25, 0.3) is 0 Å². The maximum Gasteiger partial charge on any atom is 0.426 e. The number of hydrogen-bond donors (Lipinski definition) is 3. The van der Waals surface area contributed by atoms with Crippen molar-refractivity contribution < 1.29 is 29.3 Å². The largest absolute Gasteiger partial charge is 0.508 e. The molecule has 0 bridgehead atoms. The van der Waals surface area contributed by atoms with E-state index in [1.165, 1.54) is 29.3 Å². The lowest BCUT2D eigenvalue weighted by Gasteiger charge is -2.43. The summed E-state index contributed by atoms with van der Waals surface area (Å²) in [4.78, 5) is 26.5. The van der Waals surface area contributed by atoms with Crippen LogP contribution in [0.5, 0.6) is 23.0 Å². The van der Waals surface area contributed by atoms with Crippen molar-refractivity contribution in [1.82, 2.24) is 10.4 Å². The normalized spacial score (nSPS) is 15.4. The Kier molecular flexibility index (Phi) is 4.32. The minimum Gasteiger partial charge on any atom is -0.508 e. The number of rotatable bonds is 1. The van der Waals surface area contributed by atoms with Gasteiger partial charge in [0, 0.05) is 34.4 Å². The molecule has 3 N–H and O–H groups in total. The number of phenols is 2. The van der Waals surface area contributed by atoms with Gasteiger partial charge in [-0.2, -0.15) is 0 Å². The van der Waals surface area contributed by atoms with E-state index in [1.807, 2.05) is 6.07 Å².